The van der Waals surface area contributed by atoms with Crippen molar-refractivity contribution in [1.82, 2.24) is 30.0 Å². The van der Waals surface area contributed by atoms with Gasteiger partial charge < -0.3 is 24.2 Å². The van der Waals surface area contributed by atoms with E-state index in [4.69, 9.17) is 40.8 Å². The number of aliphatic hydroxyl groups is 1. The number of hydrogen-bond acceptors (Lipinski definition) is 10. The molecular weight excluding hydrogens is 656 g/mol. The minimum absolute atomic E-state index is 0.0261. The molecule has 12 rings (SSSR count). The number of nitrogens with zero attached hydrogens (tertiary/aromatic N) is 6. The van der Waals surface area contributed by atoms with Crippen LogP contribution in [0.3, 0.4) is 0 Å². The highest BCUT2D eigenvalue weighted by molar-refractivity contribution is 6.33. The van der Waals surface area contributed by atoms with Gasteiger partial charge in [0, 0.05) is 53.6 Å². The molecule has 1 aromatic carbocycles. The summed E-state index contributed by atoms with van der Waals surface area (Å²) in [6, 6.07) is 1.87. The number of aromatic amines is 1. The fourth-order valence-electron chi connectivity index (χ4n) is 9.86. The summed E-state index contributed by atoms with van der Waals surface area (Å²) in [6.07, 6.45) is 6.47. The summed E-state index contributed by atoms with van der Waals surface area (Å²) in [5.41, 5.74) is 0.586. The van der Waals surface area contributed by atoms with Gasteiger partial charge in [0.2, 0.25) is 0 Å². The molecule has 4 atom stereocenters. The van der Waals surface area contributed by atoms with E-state index < -0.39 is 23.1 Å². The molecule has 49 heavy (non-hydrogen) atoms. The van der Waals surface area contributed by atoms with Gasteiger partial charge in [0.1, 0.15) is 29.8 Å². The predicted octanol–water partition coefficient (Wildman–Crippen LogP) is 4.80. The van der Waals surface area contributed by atoms with Crippen LogP contribution in [0.25, 0.3) is 33.1 Å². The Morgan fingerprint density at radius 1 is 1.14 bits per heavy atom. The van der Waals surface area contributed by atoms with Gasteiger partial charge in [-0.15, -0.1) is 0 Å². The summed E-state index contributed by atoms with van der Waals surface area (Å²) >= 11 is 6.96. The van der Waals surface area contributed by atoms with Crippen LogP contribution in [0, 0.1) is 17.2 Å². The Kier molecular flexibility index (Phi) is 6.79. The van der Waals surface area contributed by atoms with E-state index in [1.54, 1.807) is 12.4 Å². The number of ether oxygens (including phenoxy) is 3. The second kappa shape index (κ2) is 10.9. The summed E-state index contributed by atoms with van der Waals surface area (Å²) in [6.45, 7) is 4.14. The predicted molar refractivity (Wildman–Crippen MR) is 177 cm³/mol. The molecule has 4 aromatic rings. The van der Waals surface area contributed by atoms with Crippen molar-refractivity contribution in [2.24, 2.45) is 11.3 Å². The number of nitrogens with one attached hydrogen (secondary N) is 1. The first-order valence-electron chi connectivity index (χ1n) is 17.4. The maximum Gasteiger partial charge on any atom is 0.319 e. The largest absolute Gasteiger partial charge is 0.461 e. The molecule has 11 nitrogen and oxygen atoms in total. The SMILES string of the molecule is OC12COC[C@H]3C[C@H]3c3c(Cl)cc4[nH]ncc4c3-c3ncc4c(nc(OC[C@@]56CCCN5C[C@H](F)C6)nc4c3F)N3CCOCC(C3)(C1)C2. The Morgan fingerprint density at radius 2 is 2.04 bits per heavy atom. The van der Waals surface area contributed by atoms with Crippen LogP contribution in [0.5, 0.6) is 6.01 Å². The molecule has 258 valence electrons. The lowest BCUT2D eigenvalue weighted by molar-refractivity contribution is -0.177. The van der Waals surface area contributed by atoms with E-state index in [1.165, 1.54) is 0 Å². The minimum atomic E-state index is -0.956. The fraction of sp³-hybridized carbons (Fsp3) is 0.600. The van der Waals surface area contributed by atoms with Crippen LogP contribution >= 0.6 is 11.6 Å². The van der Waals surface area contributed by atoms with Crippen molar-refractivity contribution in [1.29, 1.82) is 0 Å². The Balaban J connectivity index is 1.15. The first kappa shape index (κ1) is 30.6. The standard InChI is InChI=1S/C35H38ClF2N7O4/c36-24-7-25-22(10-40-43-25)27-26(24)21-6-19(21)12-48-18-35(46)13-33(14-35)15-44(4-5-47-16-33)31-23-9-39-30(27)28(38)29(23)41-32(42-31)49-17-34-2-1-3-45(34)11-20(37)8-34/h7,9-10,19-21,46H,1-6,8,11-18H2,(H,40,43)/t19-,20-,21-,33?,34+,35?/m1/s1. The highest BCUT2D eigenvalue weighted by atomic mass is 35.5. The molecule has 7 bridgehead atoms. The van der Waals surface area contributed by atoms with Crippen molar-refractivity contribution in [2.45, 2.75) is 61.8 Å². The van der Waals surface area contributed by atoms with Crippen LogP contribution in [-0.2, 0) is 9.47 Å². The monoisotopic (exact) mass is 693 g/mol. The lowest BCUT2D eigenvalue weighted by Gasteiger charge is -2.53. The van der Waals surface area contributed by atoms with Crippen molar-refractivity contribution in [3.8, 4) is 17.3 Å². The van der Waals surface area contributed by atoms with Gasteiger partial charge in [0.25, 0.3) is 0 Å². The quantitative estimate of drug-likeness (QED) is 0.310. The van der Waals surface area contributed by atoms with Crippen molar-refractivity contribution in [3.05, 3.63) is 34.9 Å². The van der Waals surface area contributed by atoms with Crippen LogP contribution in [-0.4, -0.2) is 112 Å². The number of halogens is 3. The average Bonchev–Trinajstić information content (AvgIpc) is 3.38. The van der Waals surface area contributed by atoms with E-state index in [9.17, 15) is 9.50 Å². The molecule has 3 aromatic heterocycles. The van der Waals surface area contributed by atoms with E-state index in [1.807, 2.05) is 6.07 Å². The van der Waals surface area contributed by atoms with Crippen molar-refractivity contribution in [3.63, 3.8) is 0 Å². The third-order valence-corrected chi connectivity index (χ3v) is 12.3. The van der Waals surface area contributed by atoms with Crippen LogP contribution in [0.15, 0.2) is 18.5 Å². The normalized spacial score (nSPS) is 34.0. The summed E-state index contributed by atoms with van der Waals surface area (Å²) < 4.78 is 50.5. The number of anilines is 1. The first-order chi connectivity index (χ1) is 23.7. The van der Waals surface area contributed by atoms with Crippen molar-refractivity contribution >= 4 is 39.2 Å². The van der Waals surface area contributed by atoms with Gasteiger partial charge in [0.15, 0.2) is 5.82 Å². The smallest absolute Gasteiger partial charge is 0.319 e. The number of H-pyrrole nitrogens is 1. The third kappa shape index (κ3) is 4.86. The van der Waals surface area contributed by atoms with Gasteiger partial charge in [-0.25, -0.2) is 8.78 Å². The molecular formula is C35H38ClF2N7O4. The zero-order chi connectivity index (χ0) is 33.1. The topological polar surface area (TPSA) is 122 Å². The molecule has 14 heteroatoms. The Bertz CT molecular complexity index is 1990. The number of aromatic nitrogens is 5. The molecule has 9 heterocycles. The Morgan fingerprint density at radius 3 is 2.94 bits per heavy atom. The van der Waals surface area contributed by atoms with E-state index in [2.05, 4.69) is 20.0 Å². The maximum atomic E-state index is 17.3. The van der Waals surface area contributed by atoms with Gasteiger partial charge >= 0.3 is 6.01 Å². The average molecular weight is 694 g/mol. The molecule has 2 aliphatic carbocycles. The molecule has 2 saturated carbocycles. The minimum Gasteiger partial charge on any atom is -0.461 e. The maximum absolute atomic E-state index is 17.3. The number of alkyl halides is 1. The van der Waals surface area contributed by atoms with Crippen LogP contribution in [0.2, 0.25) is 5.02 Å². The molecule has 2 N–H and O–H groups in total. The fourth-order valence-corrected chi connectivity index (χ4v) is 10.2. The summed E-state index contributed by atoms with van der Waals surface area (Å²) in [5, 5.41) is 20.4. The molecule has 5 fully saturated rings. The van der Waals surface area contributed by atoms with E-state index in [0.717, 1.165) is 31.4 Å². The second-order valence-electron chi connectivity index (χ2n) is 15.5. The van der Waals surface area contributed by atoms with Crippen LogP contribution < -0.4 is 9.64 Å². The summed E-state index contributed by atoms with van der Waals surface area (Å²) in [5.74, 6) is 0.0886. The zero-order valence-electron chi connectivity index (χ0n) is 27.1. The lowest BCUT2D eigenvalue weighted by Crippen LogP contribution is -2.60. The molecule has 0 radical (unpaired) electrons. The zero-order valence-corrected chi connectivity index (χ0v) is 27.8. The lowest BCUT2D eigenvalue weighted by atomic mass is 9.59. The Labute approximate surface area is 286 Å². The van der Waals surface area contributed by atoms with Gasteiger partial charge in [0.05, 0.1) is 54.7 Å². The molecule has 0 amide bonds. The van der Waals surface area contributed by atoms with Gasteiger partial charge in [-0.2, -0.15) is 15.1 Å². The number of benzene rings is 1. The van der Waals surface area contributed by atoms with E-state index in [0.29, 0.717) is 91.4 Å². The van der Waals surface area contributed by atoms with E-state index in [-0.39, 0.29) is 47.7 Å². The van der Waals surface area contributed by atoms with Crippen LogP contribution in [0.1, 0.15) is 50.0 Å². The van der Waals surface area contributed by atoms with E-state index >= 15 is 4.39 Å². The molecule has 0 unspecified atom stereocenters. The van der Waals surface area contributed by atoms with Gasteiger partial charge in [-0.05, 0) is 62.1 Å². The second-order valence-corrected chi connectivity index (χ2v) is 15.9. The number of hydrogen-bond donors (Lipinski definition) is 2. The van der Waals surface area contributed by atoms with Gasteiger partial charge in [-0.3, -0.25) is 15.0 Å². The number of pyridine rings is 1. The summed E-state index contributed by atoms with van der Waals surface area (Å²) in [4.78, 5) is 18.7. The molecule has 3 saturated heterocycles. The van der Waals surface area contributed by atoms with Crippen molar-refractivity contribution < 1.29 is 28.1 Å². The van der Waals surface area contributed by atoms with Gasteiger partial charge in [-0.1, -0.05) is 11.6 Å². The number of rotatable bonds is 3. The first-order valence-corrected chi connectivity index (χ1v) is 17.8. The molecule has 8 aliphatic rings. The van der Waals surface area contributed by atoms with Crippen LogP contribution in [0.4, 0.5) is 14.6 Å². The molecule has 1 spiro atoms. The number of fused-ring (bicyclic) bond motifs is 2. The Hall–Kier alpha value is -3.23. The summed E-state index contributed by atoms with van der Waals surface area (Å²) in [7, 11) is 0. The highest BCUT2D eigenvalue weighted by Crippen LogP contribution is 2.56. The van der Waals surface area contributed by atoms with Crippen molar-refractivity contribution in [2.75, 3.05) is 64.1 Å². The third-order valence-electron chi connectivity index (χ3n) is 12.0. The highest BCUT2D eigenvalue weighted by Gasteiger charge is 2.56. The molecule has 6 aliphatic heterocycles.